The summed E-state index contributed by atoms with van der Waals surface area (Å²) in [7, 11) is 0. The second kappa shape index (κ2) is 5.85. The van der Waals surface area contributed by atoms with Crippen molar-refractivity contribution in [3.05, 3.63) is 35.9 Å². The minimum absolute atomic E-state index is 0.0614. The predicted octanol–water partition coefficient (Wildman–Crippen LogP) is 2.14. The molecule has 0 aliphatic carbocycles. The van der Waals surface area contributed by atoms with Gasteiger partial charge in [-0.25, -0.2) is 0 Å². The monoisotopic (exact) mass is 248 g/mol. The van der Waals surface area contributed by atoms with Crippen molar-refractivity contribution in [3.63, 3.8) is 0 Å². The molecular weight excluding hydrogens is 222 g/mol. The molecule has 18 heavy (non-hydrogen) atoms. The number of rotatable bonds is 4. The molecule has 1 aliphatic rings. The van der Waals surface area contributed by atoms with E-state index in [0.29, 0.717) is 12.1 Å². The zero-order chi connectivity index (χ0) is 13.0. The molecule has 0 aromatic heterocycles. The maximum atomic E-state index is 5.78. The number of hydrogen-bond donors (Lipinski definition) is 1. The first kappa shape index (κ1) is 13.6. The largest absolute Gasteiger partial charge is 0.375 e. The third kappa shape index (κ3) is 4.11. The molecule has 1 fully saturated rings. The zero-order valence-corrected chi connectivity index (χ0v) is 11.9. The molecule has 0 spiro atoms. The van der Waals surface area contributed by atoms with Gasteiger partial charge in [-0.3, -0.25) is 0 Å². The van der Waals surface area contributed by atoms with Crippen molar-refractivity contribution in [2.24, 2.45) is 0 Å². The molecule has 2 atom stereocenters. The van der Waals surface area contributed by atoms with Gasteiger partial charge in [-0.15, -0.1) is 0 Å². The summed E-state index contributed by atoms with van der Waals surface area (Å²) >= 11 is 0. The van der Waals surface area contributed by atoms with E-state index in [1.165, 1.54) is 12.0 Å². The Morgan fingerprint density at radius 3 is 2.72 bits per heavy atom. The minimum atomic E-state index is 0.0614. The molecule has 0 amide bonds. The van der Waals surface area contributed by atoms with Gasteiger partial charge >= 0.3 is 0 Å². The average molecular weight is 248 g/mol. The van der Waals surface area contributed by atoms with Crippen LogP contribution in [0.15, 0.2) is 30.3 Å². The molecule has 0 bridgehead atoms. The fraction of sp³-hybridized carbons (Fsp3) is 0.625. The van der Waals surface area contributed by atoms with E-state index in [9.17, 15) is 0 Å². The van der Waals surface area contributed by atoms with Crippen molar-refractivity contribution in [1.29, 1.82) is 0 Å². The highest BCUT2D eigenvalue weighted by Gasteiger charge is 2.31. The summed E-state index contributed by atoms with van der Waals surface area (Å²) in [4.78, 5) is 0. The molecule has 0 radical (unpaired) electrons. The summed E-state index contributed by atoms with van der Waals surface area (Å²) in [6.07, 6.45) is 3.49. The van der Waals surface area contributed by atoms with Crippen molar-refractivity contribution in [3.8, 4) is 0 Å². The van der Waals surface area contributed by atoms with Gasteiger partial charge < -0.3 is 10.1 Å². The van der Waals surface area contributed by atoms with Crippen LogP contribution in [-0.4, -0.2) is 24.3 Å². The lowest BCUT2D eigenvalue weighted by molar-refractivity contribution is -0.723. The molecule has 1 heterocycles. The van der Waals surface area contributed by atoms with Gasteiger partial charge in [-0.05, 0) is 26.3 Å². The van der Waals surface area contributed by atoms with Gasteiger partial charge in [0.25, 0.3) is 0 Å². The summed E-state index contributed by atoms with van der Waals surface area (Å²) < 4.78 is 5.78. The second-order valence-corrected chi connectivity index (χ2v) is 6.22. The van der Waals surface area contributed by atoms with Crippen LogP contribution >= 0.6 is 0 Å². The Hall–Kier alpha value is -0.860. The summed E-state index contributed by atoms with van der Waals surface area (Å²) in [5.74, 6) is 0. The molecule has 0 unspecified atom stereocenters. The van der Waals surface area contributed by atoms with Crippen LogP contribution in [0.2, 0.25) is 0 Å². The number of nitrogens with two attached hydrogens (primary N) is 1. The highest BCUT2D eigenvalue weighted by atomic mass is 16.5. The van der Waals surface area contributed by atoms with E-state index in [2.05, 4.69) is 56.4 Å². The first-order valence-electron chi connectivity index (χ1n) is 7.08. The van der Waals surface area contributed by atoms with Gasteiger partial charge in [0.15, 0.2) is 0 Å². The second-order valence-electron chi connectivity index (χ2n) is 6.22. The van der Waals surface area contributed by atoms with Crippen LogP contribution in [0.4, 0.5) is 0 Å². The van der Waals surface area contributed by atoms with Crippen molar-refractivity contribution >= 4 is 0 Å². The van der Waals surface area contributed by atoms with Crippen LogP contribution in [0.25, 0.3) is 0 Å². The van der Waals surface area contributed by atoms with Crippen LogP contribution in [0.1, 0.15) is 39.2 Å². The maximum Gasteiger partial charge on any atom is 0.0911 e. The fourth-order valence-electron chi connectivity index (χ4n) is 2.96. The molecule has 1 aliphatic heterocycles. The van der Waals surface area contributed by atoms with E-state index < -0.39 is 0 Å². The average Bonchev–Trinajstić information content (AvgIpc) is 2.28. The minimum Gasteiger partial charge on any atom is -0.375 e. The molecule has 1 aromatic rings. The molecule has 100 valence electrons. The van der Waals surface area contributed by atoms with Crippen molar-refractivity contribution < 1.29 is 10.1 Å². The number of ether oxygens (including phenoxy) is 1. The van der Waals surface area contributed by atoms with Crippen LogP contribution < -0.4 is 5.32 Å². The smallest absolute Gasteiger partial charge is 0.0911 e. The van der Waals surface area contributed by atoms with E-state index in [0.717, 1.165) is 19.4 Å². The first-order chi connectivity index (χ1) is 8.55. The van der Waals surface area contributed by atoms with Crippen molar-refractivity contribution in [1.82, 2.24) is 0 Å². The Balaban J connectivity index is 1.82. The maximum absolute atomic E-state index is 5.78. The Bertz CT molecular complexity index is 361. The third-order valence-corrected chi connectivity index (χ3v) is 3.74. The van der Waals surface area contributed by atoms with Crippen molar-refractivity contribution in [2.45, 2.75) is 57.7 Å². The summed E-state index contributed by atoms with van der Waals surface area (Å²) in [6, 6.07) is 12.1. The third-order valence-electron chi connectivity index (χ3n) is 3.74. The summed E-state index contributed by atoms with van der Waals surface area (Å²) in [6.45, 7) is 7.64. The molecule has 2 heteroatoms. The lowest BCUT2D eigenvalue weighted by Crippen LogP contribution is -2.95. The predicted molar refractivity (Wildman–Crippen MR) is 74.6 cm³/mol. The zero-order valence-electron chi connectivity index (χ0n) is 11.9. The molecule has 2 nitrogen and oxygen atoms in total. The Kier molecular flexibility index (Phi) is 4.41. The Morgan fingerprint density at radius 1 is 1.33 bits per heavy atom. The quantitative estimate of drug-likeness (QED) is 0.868. The van der Waals surface area contributed by atoms with E-state index in [1.54, 1.807) is 0 Å². The van der Waals surface area contributed by atoms with Crippen LogP contribution in [0.3, 0.4) is 0 Å². The van der Waals surface area contributed by atoms with E-state index >= 15 is 0 Å². The Morgan fingerprint density at radius 2 is 2.06 bits per heavy atom. The first-order valence-corrected chi connectivity index (χ1v) is 7.08. The van der Waals surface area contributed by atoms with Gasteiger partial charge in [-0.2, -0.15) is 0 Å². The lowest BCUT2D eigenvalue weighted by atomic mass is 9.93. The number of benzene rings is 1. The van der Waals surface area contributed by atoms with Gasteiger partial charge in [0.2, 0.25) is 0 Å². The SMILES string of the molecule is C[C@H](Cc1ccccc1)[NH2+][C@@H]1CCOC(C)(C)C1. The Labute approximate surface area is 111 Å². The number of quaternary nitrogens is 1. The topological polar surface area (TPSA) is 25.8 Å². The van der Waals surface area contributed by atoms with Crippen LogP contribution in [-0.2, 0) is 11.2 Å². The van der Waals surface area contributed by atoms with Crippen molar-refractivity contribution in [2.75, 3.05) is 6.61 Å². The lowest BCUT2D eigenvalue weighted by Gasteiger charge is -2.35. The van der Waals surface area contributed by atoms with Crippen LogP contribution in [0, 0.1) is 0 Å². The number of hydrogen-bond acceptors (Lipinski definition) is 1. The molecule has 2 rings (SSSR count). The van der Waals surface area contributed by atoms with E-state index in [-0.39, 0.29) is 5.60 Å². The summed E-state index contributed by atoms with van der Waals surface area (Å²) in [5.41, 5.74) is 1.50. The van der Waals surface area contributed by atoms with Gasteiger partial charge in [0, 0.05) is 19.3 Å². The molecule has 1 aromatic carbocycles. The van der Waals surface area contributed by atoms with E-state index in [1.807, 2.05) is 0 Å². The molecular formula is C16H26NO+. The van der Waals surface area contributed by atoms with Gasteiger partial charge in [0.1, 0.15) is 0 Å². The highest BCUT2D eigenvalue weighted by molar-refractivity contribution is 5.15. The highest BCUT2D eigenvalue weighted by Crippen LogP contribution is 2.22. The summed E-state index contributed by atoms with van der Waals surface area (Å²) in [5, 5.41) is 2.54. The van der Waals surface area contributed by atoms with Gasteiger partial charge in [-0.1, -0.05) is 30.3 Å². The van der Waals surface area contributed by atoms with Gasteiger partial charge in [0.05, 0.1) is 24.3 Å². The van der Waals surface area contributed by atoms with Crippen LogP contribution in [0.5, 0.6) is 0 Å². The fourth-order valence-corrected chi connectivity index (χ4v) is 2.96. The normalized spacial score (nSPS) is 24.7. The molecule has 1 saturated heterocycles. The molecule has 0 saturated carbocycles. The van der Waals surface area contributed by atoms with E-state index in [4.69, 9.17) is 4.74 Å². The standard InChI is InChI=1S/C16H25NO/c1-13(11-14-7-5-4-6-8-14)17-15-9-10-18-16(2,3)12-15/h4-8,13,15,17H,9-12H2,1-3H3/p+1/t13-,15-/m1/s1. The molecule has 2 N–H and O–H groups in total.